The molecule has 7 nitrogen and oxygen atoms in total. The van der Waals surface area contributed by atoms with Crippen LogP contribution in [0, 0.1) is 5.82 Å². The first-order valence-electron chi connectivity index (χ1n) is 8.88. The summed E-state index contributed by atoms with van der Waals surface area (Å²) in [6.07, 6.45) is 1.46. The first-order chi connectivity index (χ1) is 14.1. The van der Waals surface area contributed by atoms with Crippen LogP contribution in [0.2, 0.25) is 0 Å². The van der Waals surface area contributed by atoms with Gasteiger partial charge in [-0.05, 0) is 48.9 Å². The minimum atomic E-state index is -0.323. The summed E-state index contributed by atoms with van der Waals surface area (Å²) in [5.41, 5.74) is 4.06. The van der Waals surface area contributed by atoms with E-state index in [-0.39, 0.29) is 17.5 Å². The summed E-state index contributed by atoms with van der Waals surface area (Å²) in [7, 11) is 1.62. The zero-order valence-electron chi connectivity index (χ0n) is 16.0. The average molecular weight is 413 g/mol. The number of ether oxygens (including phenoxy) is 1. The molecule has 3 rings (SSSR count). The molecular weight excluding hydrogens is 393 g/mol. The number of benzene rings is 2. The molecule has 3 aromatic rings. The number of thioether (sulfide) groups is 1. The Morgan fingerprint density at radius 2 is 1.93 bits per heavy atom. The SMILES string of the molecule is CCn1c(SCC(=O)N/N=C\c2ccc(F)cc2)nnc1-c1ccc(OC)cc1. The minimum Gasteiger partial charge on any atom is -0.497 e. The number of amides is 1. The van der Waals surface area contributed by atoms with Crippen molar-refractivity contribution < 1.29 is 13.9 Å². The smallest absolute Gasteiger partial charge is 0.250 e. The fourth-order valence-corrected chi connectivity index (χ4v) is 3.32. The van der Waals surface area contributed by atoms with E-state index in [1.54, 1.807) is 19.2 Å². The number of nitrogens with zero attached hydrogens (tertiary/aromatic N) is 4. The van der Waals surface area contributed by atoms with E-state index in [1.807, 2.05) is 35.8 Å². The van der Waals surface area contributed by atoms with E-state index in [1.165, 1.54) is 30.1 Å². The second-order valence-electron chi connectivity index (χ2n) is 5.91. The molecule has 0 aliphatic heterocycles. The van der Waals surface area contributed by atoms with Crippen LogP contribution in [0.15, 0.2) is 58.8 Å². The Morgan fingerprint density at radius 3 is 2.59 bits per heavy atom. The summed E-state index contributed by atoms with van der Waals surface area (Å²) in [5, 5.41) is 13.0. The van der Waals surface area contributed by atoms with E-state index < -0.39 is 0 Å². The van der Waals surface area contributed by atoms with Gasteiger partial charge in [0.2, 0.25) is 0 Å². The number of halogens is 1. The number of carbonyl (C=O) groups excluding carboxylic acids is 1. The summed E-state index contributed by atoms with van der Waals surface area (Å²) in [5.74, 6) is 1.04. The highest BCUT2D eigenvalue weighted by molar-refractivity contribution is 7.99. The van der Waals surface area contributed by atoms with E-state index >= 15 is 0 Å². The summed E-state index contributed by atoms with van der Waals surface area (Å²) in [6, 6.07) is 13.4. The van der Waals surface area contributed by atoms with Crippen molar-refractivity contribution in [2.45, 2.75) is 18.6 Å². The van der Waals surface area contributed by atoms with Gasteiger partial charge in [-0.2, -0.15) is 5.10 Å². The van der Waals surface area contributed by atoms with Crippen molar-refractivity contribution in [1.29, 1.82) is 0 Å². The number of hydrazone groups is 1. The minimum absolute atomic E-state index is 0.140. The fourth-order valence-electron chi connectivity index (χ4n) is 2.52. The monoisotopic (exact) mass is 413 g/mol. The number of nitrogens with one attached hydrogen (secondary N) is 1. The van der Waals surface area contributed by atoms with Gasteiger partial charge in [-0.1, -0.05) is 23.9 Å². The highest BCUT2D eigenvalue weighted by Gasteiger charge is 2.14. The van der Waals surface area contributed by atoms with Crippen molar-refractivity contribution in [2.75, 3.05) is 12.9 Å². The van der Waals surface area contributed by atoms with Gasteiger partial charge in [0.25, 0.3) is 5.91 Å². The molecule has 150 valence electrons. The van der Waals surface area contributed by atoms with Crippen molar-refractivity contribution in [2.24, 2.45) is 5.10 Å². The predicted molar refractivity (Wildman–Crippen MR) is 111 cm³/mol. The number of aromatic nitrogens is 3. The van der Waals surface area contributed by atoms with Gasteiger partial charge >= 0.3 is 0 Å². The molecule has 1 heterocycles. The molecule has 0 aliphatic rings. The molecule has 0 unspecified atom stereocenters. The normalized spacial score (nSPS) is 11.0. The van der Waals surface area contributed by atoms with Gasteiger partial charge in [0.05, 0.1) is 19.1 Å². The van der Waals surface area contributed by atoms with Gasteiger partial charge in [0, 0.05) is 12.1 Å². The lowest BCUT2D eigenvalue weighted by Crippen LogP contribution is -2.20. The summed E-state index contributed by atoms with van der Waals surface area (Å²) in [6.45, 7) is 2.66. The van der Waals surface area contributed by atoms with Crippen LogP contribution in [0.25, 0.3) is 11.4 Å². The van der Waals surface area contributed by atoms with Crippen LogP contribution in [-0.2, 0) is 11.3 Å². The number of hydrogen-bond acceptors (Lipinski definition) is 6. The molecule has 0 radical (unpaired) electrons. The Kier molecular flexibility index (Phi) is 6.96. The third kappa shape index (κ3) is 5.41. The lowest BCUT2D eigenvalue weighted by atomic mass is 10.2. The molecule has 9 heteroatoms. The molecule has 1 aromatic heterocycles. The molecule has 0 saturated carbocycles. The van der Waals surface area contributed by atoms with E-state index in [0.717, 1.165) is 17.1 Å². The second kappa shape index (κ2) is 9.83. The van der Waals surface area contributed by atoms with Gasteiger partial charge in [-0.3, -0.25) is 4.79 Å². The number of rotatable bonds is 8. The number of carbonyl (C=O) groups is 1. The van der Waals surface area contributed by atoms with Crippen molar-refractivity contribution in [3.8, 4) is 17.1 Å². The molecule has 1 amide bonds. The molecule has 0 aliphatic carbocycles. The van der Waals surface area contributed by atoms with E-state index in [2.05, 4.69) is 20.7 Å². The molecular formula is C20H20FN5O2S. The molecule has 0 spiro atoms. The Bertz CT molecular complexity index is 987. The highest BCUT2D eigenvalue weighted by atomic mass is 32.2. The summed E-state index contributed by atoms with van der Waals surface area (Å²) < 4.78 is 20.0. The van der Waals surface area contributed by atoms with Crippen LogP contribution < -0.4 is 10.2 Å². The Morgan fingerprint density at radius 1 is 1.21 bits per heavy atom. The van der Waals surface area contributed by atoms with Gasteiger partial charge < -0.3 is 9.30 Å². The summed E-state index contributed by atoms with van der Waals surface area (Å²) >= 11 is 1.28. The molecule has 0 atom stereocenters. The molecule has 29 heavy (non-hydrogen) atoms. The third-order valence-corrected chi connectivity index (χ3v) is 4.95. The van der Waals surface area contributed by atoms with Gasteiger partial charge in [-0.15, -0.1) is 10.2 Å². The highest BCUT2D eigenvalue weighted by Crippen LogP contribution is 2.25. The van der Waals surface area contributed by atoms with Crippen molar-refractivity contribution in [1.82, 2.24) is 20.2 Å². The first-order valence-corrected chi connectivity index (χ1v) is 9.87. The van der Waals surface area contributed by atoms with E-state index in [9.17, 15) is 9.18 Å². The van der Waals surface area contributed by atoms with Crippen molar-refractivity contribution in [3.63, 3.8) is 0 Å². The van der Waals surface area contributed by atoms with Gasteiger partial charge in [-0.25, -0.2) is 9.82 Å². The maximum Gasteiger partial charge on any atom is 0.250 e. The van der Waals surface area contributed by atoms with Crippen LogP contribution in [0.1, 0.15) is 12.5 Å². The van der Waals surface area contributed by atoms with Crippen LogP contribution in [0.3, 0.4) is 0 Å². The molecule has 2 aromatic carbocycles. The van der Waals surface area contributed by atoms with Crippen molar-refractivity contribution in [3.05, 3.63) is 59.9 Å². The van der Waals surface area contributed by atoms with Gasteiger partial charge in [0.1, 0.15) is 11.6 Å². The van der Waals surface area contributed by atoms with Crippen molar-refractivity contribution >= 4 is 23.9 Å². The van der Waals surface area contributed by atoms with Crippen LogP contribution in [-0.4, -0.2) is 39.7 Å². The Balaban J connectivity index is 1.59. The predicted octanol–water partition coefficient (Wildman–Crippen LogP) is 3.36. The van der Waals surface area contributed by atoms with Gasteiger partial charge in [0.15, 0.2) is 11.0 Å². The van der Waals surface area contributed by atoms with Crippen LogP contribution in [0.4, 0.5) is 4.39 Å². The Hall–Kier alpha value is -3.20. The standard InChI is InChI=1S/C20H20FN5O2S/c1-3-26-19(15-6-10-17(28-2)11-7-15)24-25-20(26)29-13-18(27)23-22-12-14-4-8-16(21)9-5-14/h4-12H,3,13H2,1-2H3,(H,23,27)/b22-12-. The lowest BCUT2D eigenvalue weighted by Gasteiger charge is -2.07. The lowest BCUT2D eigenvalue weighted by molar-refractivity contribution is -0.118. The molecule has 1 N–H and O–H groups in total. The van der Waals surface area contributed by atoms with E-state index in [0.29, 0.717) is 17.3 Å². The molecule has 0 saturated heterocycles. The maximum absolute atomic E-state index is 12.9. The maximum atomic E-state index is 12.9. The van der Waals surface area contributed by atoms with Crippen LogP contribution >= 0.6 is 11.8 Å². The molecule has 0 bridgehead atoms. The van der Waals surface area contributed by atoms with Crippen LogP contribution in [0.5, 0.6) is 5.75 Å². The summed E-state index contributed by atoms with van der Waals surface area (Å²) in [4.78, 5) is 12.0. The third-order valence-electron chi connectivity index (χ3n) is 3.99. The number of methoxy groups -OCH3 is 1. The largest absolute Gasteiger partial charge is 0.497 e. The topological polar surface area (TPSA) is 81.4 Å². The quantitative estimate of drug-likeness (QED) is 0.348. The first kappa shape index (κ1) is 20.5. The van der Waals surface area contributed by atoms with E-state index in [4.69, 9.17) is 4.74 Å². The second-order valence-corrected chi connectivity index (χ2v) is 6.85. The average Bonchev–Trinajstić information content (AvgIpc) is 3.16. The Labute approximate surface area is 172 Å². The zero-order valence-corrected chi connectivity index (χ0v) is 16.8. The zero-order chi connectivity index (χ0) is 20.6. The number of hydrogen-bond donors (Lipinski definition) is 1. The molecule has 0 fully saturated rings. The fraction of sp³-hybridized carbons (Fsp3) is 0.200.